The highest BCUT2D eigenvalue weighted by atomic mass is 79.9. The summed E-state index contributed by atoms with van der Waals surface area (Å²) < 4.78 is 2.55. The molecular formula is C27H22BrNS. The Hall–Kier alpha value is -2.33. The molecule has 30 heavy (non-hydrogen) atoms. The minimum Gasteiger partial charge on any atom is -0.223 e. The lowest BCUT2D eigenvalue weighted by Gasteiger charge is -2.42. The van der Waals surface area contributed by atoms with Crippen molar-refractivity contribution in [3.05, 3.63) is 137 Å². The van der Waals surface area contributed by atoms with E-state index >= 15 is 0 Å². The maximum atomic E-state index is 3.61. The molecule has 3 heteroatoms. The van der Waals surface area contributed by atoms with Crippen molar-refractivity contribution in [1.29, 1.82) is 0 Å². The molecule has 0 fully saturated rings. The quantitative estimate of drug-likeness (QED) is 0.169. The van der Waals surface area contributed by atoms with Crippen molar-refractivity contribution < 1.29 is 0 Å². The van der Waals surface area contributed by atoms with Crippen LogP contribution in [0.1, 0.15) is 27.8 Å². The van der Waals surface area contributed by atoms with E-state index in [1.807, 2.05) is 11.9 Å². The van der Waals surface area contributed by atoms with E-state index in [4.69, 9.17) is 0 Å². The fourth-order valence-electron chi connectivity index (χ4n) is 4.36. The van der Waals surface area contributed by atoms with Crippen LogP contribution in [0.4, 0.5) is 0 Å². The molecule has 0 aromatic heterocycles. The molecule has 0 amide bonds. The number of rotatable bonds is 5. The third-order valence-corrected chi connectivity index (χ3v) is 7.60. The molecule has 0 saturated carbocycles. The Labute approximate surface area is 191 Å². The highest BCUT2D eigenvalue weighted by Crippen LogP contribution is 2.51. The van der Waals surface area contributed by atoms with Crippen molar-refractivity contribution >= 4 is 27.9 Å². The maximum absolute atomic E-state index is 3.61. The van der Waals surface area contributed by atoms with Crippen molar-refractivity contribution in [2.75, 3.05) is 0 Å². The molecule has 0 atom stereocenters. The van der Waals surface area contributed by atoms with Crippen LogP contribution in [-0.4, -0.2) is 4.31 Å². The number of halogens is 1. The first-order valence-electron chi connectivity index (χ1n) is 10.1. The molecule has 0 radical (unpaired) electrons. The monoisotopic (exact) mass is 471 g/mol. The van der Waals surface area contributed by atoms with Crippen molar-refractivity contribution in [1.82, 2.24) is 4.31 Å². The van der Waals surface area contributed by atoms with Crippen LogP contribution in [-0.2, 0) is 17.4 Å². The zero-order valence-corrected chi connectivity index (χ0v) is 18.9. The molecule has 148 valence electrons. The van der Waals surface area contributed by atoms with Gasteiger partial charge in [0.05, 0.1) is 0 Å². The summed E-state index contributed by atoms with van der Waals surface area (Å²) in [6, 6.07) is 39.5. The molecule has 0 spiro atoms. The molecule has 0 unspecified atom stereocenters. The van der Waals surface area contributed by atoms with Gasteiger partial charge in [0, 0.05) is 16.8 Å². The molecule has 1 nitrogen and oxygen atoms in total. The summed E-state index contributed by atoms with van der Waals surface area (Å²) in [7, 11) is 0. The van der Waals surface area contributed by atoms with E-state index < -0.39 is 0 Å². The second-order valence-corrected chi connectivity index (χ2v) is 9.14. The first-order chi connectivity index (χ1) is 14.8. The Bertz CT molecular complexity index is 1030. The van der Waals surface area contributed by atoms with E-state index in [0.29, 0.717) is 0 Å². The Balaban J connectivity index is 1.75. The summed E-state index contributed by atoms with van der Waals surface area (Å²) in [6.07, 6.45) is 0. The standard InChI is InChI=1S/C27H22BrNS/c28-19-21-16-17-22-20-29(30-26(22)18-21)27(23-10-4-1-5-11-23,24-12-6-2-7-13-24)25-14-8-3-9-15-25/h1-18H,19-20H2. The average molecular weight is 472 g/mol. The van der Waals surface area contributed by atoms with Gasteiger partial charge in [-0.3, -0.25) is 0 Å². The van der Waals surface area contributed by atoms with E-state index in [0.717, 1.165) is 11.9 Å². The van der Waals surface area contributed by atoms with E-state index in [1.54, 1.807) is 0 Å². The Morgan fingerprint density at radius 1 is 0.700 bits per heavy atom. The van der Waals surface area contributed by atoms with Crippen LogP contribution >= 0.6 is 27.9 Å². The summed E-state index contributed by atoms with van der Waals surface area (Å²) >= 11 is 5.48. The Morgan fingerprint density at radius 2 is 1.20 bits per heavy atom. The molecule has 1 aliphatic rings. The molecule has 1 aliphatic heterocycles. The predicted molar refractivity (Wildman–Crippen MR) is 130 cm³/mol. The number of hydrogen-bond donors (Lipinski definition) is 0. The van der Waals surface area contributed by atoms with E-state index in [1.165, 1.54) is 32.7 Å². The van der Waals surface area contributed by atoms with Crippen molar-refractivity contribution in [3.63, 3.8) is 0 Å². The minimum absolute atomic E-state index is 0.387. The summed E-state index contributed by atoms with van der Waals surface area (Å²) in [5.74, 6) is 0. The van der Waals surface area contributed by atoms with Gasteiger partial charge in [-0.1, -0.05) is 119 Å². The molecule has 5 rings (SSSR count). The van der Waals surface area contributed by atoms with Gasteiger partial charge in [-0.05, 0) is 45.8 Å². The fraction of sp³-hybridized carbons (Fsp3) is 0.111. The van der Waals surface area contributed by atoms with E-state index in [-0.39, 0.29) is 5.54 Å². The minimum atomic E-state index is -0.387. The number of nitrogens with zero attached hydrogens (tertiary/aromatic N) is 1. The molecule has 0 saturated heterocycles. The second kappa shape index (κ2) is 8.43. The third-order valence-electron chi connectivity index (χ3n) is 5.76. The zero-order chi connectivity index (χ0) is 20.4. The average Bonchev–Trinajstić information content (AvgIpc) is 3.25. The van der Waals surface area contributed by atoms with Crippen molar-refractivity contribution in [3.8, 4) is 0 Å². The van der Waals surface area contributed by atoms with Crippen LogP contribution in [0.15, 0.2) is 114 Å². The molecule has 4 aromatic rings. The SMILES string of the molecule is BrCc1ccc2c(c1)SN(C(c1ccccc1)(c1ccccc1)c1ccccc1)C2. The summed E-state index contributed by atoms with van der Waals surface area (Å²) in [4.78, 5) is 1.35. The highest BCUT2D eigenvalue weighted by Gasteiger charge is 2.45. The fourth-order valence-corrected chi connectivity index (χ4v) is 6.06. The van der Waals surface area contributed by atoms with Gasteiger partial charge in [-0.2, -0.15) is 0 Å². The first kappa shape index (κ1) is 19.6. The first-order valence-corrected chi connectivity index (χ1v) is 12.0. The third kappa shape index (κ3) is 3.31. The van der Waals surface area contributed by atoms with Crippen LogP contribution in [0.3, 0.4) is 0 Å². The van der Waals surface area contributed by atoms with Gasteiger partial charge in [0.25, 0.3) is 0 Å². The van der Waals surface area contributed by atoms with Crippen molar-refractivity contribution in [2.45, 2.75) is 22.3 Å². The van der Waals surface area contributed by atoms with Gasteiger partial charge in [0.15, 0.2) is 0 Å². The van der Waals surface area contributed by atoms with Crippen molar-refractivity contribution in [2.24, 2.45) is 0 Å². The smallest absolute Gasteiger partial charge is 0.107 e. The lowest BCUT2D eigenvalue weighted by atomic mass is 9.77. The highest BCUT2D eigenvalue weighted by molar-refractivity contribution is 9.08. The molecule has 0 aliphatic carbocycles. The van der Waals surface area contributed by atoms with Gasteiger partial charge in [-0.25, -0.2) is 4.31 Å². The molecule has 1 heterocycles. The summed E-state index contributed by atoms with van der Waals surface area (Å²) in [5, 5.41) is 0.877. The number of hydrogen-bond acceptors (Lipinski definition) is 2. The lowest BCUT2D eigenvalue weighted by molar-refractivity contribution is 0.306. The zero-order valence-electron chi connectivity index (χ0n) is 16.5. The predicted octanol–water partition coefficient (Wildman–Crippen LogP) is 7.40. The molecule has 0 bridgehead atoms. The maximum Gasteiger partial charge on any atom is 0.107 e. The number of alkyl halides is 1. The van der Waals surface area contributed by atoms with Crippen LogP contribution in [0.5, 0.6) is 0 Å². The lowest BCUT2D eigenvalue weighted by Crippen LogP contribution is -2.42. The summed E-state index contributed by atoms with van der Waals surface area (Å²) in [6.45, 7) is 0.890. The van der Waals surface area contributed by atoms with Gasteiger partial charge in [0.1, 0.15) is 5.54 Å². The normalized spacial score (nSPS) is 13.9. The van der Waals surface area contributed by atoms with Gasteiger partial charge < -0.3 is 0 Å². The second-order valence-electron chi connectivity index (χ2n) is 7.51. The number of fused-ring (bicyclic) bond motifs is 1. The van der Waals surface area contributed by atoms with Gasteiger partial charge in [0.2, 0.25) is 0 Å². The number of benzene rings is 4. The largest absolute Gasteiger partial charge is 0.223 e. The van der Waals surface area contributed by atoms with Crippen LogP contribution in [0, 0.1) is 0 Å². The van der Waals surface area contributed by atoms with Crippen LogP contribution in [0.2, 0.25) is 0 Å². The Kier molecular flexibility index (Phi) is 5.51. The molecular weight excluding hydrogens is 450 g/mol. The van der Waals surface area contributed by atoms with Gasteiger partial charge >= 0.3 is 0 Å². The van der Waals surface area contributed by atoms with E-state index in [9.17, 15) is 0 Å². The molecule has 0 N–H and O–H groups in total. The molecule has 4 aromatic carbocycles. The topological polar surface area (TPSA) is 3.24 Å². The van der Waals surface area contributed by atoms with E-state index in [2.05, 4.69) is 129 Å². The van der Waals surface area contributed by atoms with Crippen LogP contribution in [0.25, 0.3) is 0 Å². The summed E-state index contributed by atoms with van der Waals surface area (Å²) in [5.41, 5.74) is 6.15. The Morgan fingerprint density at radius 3 is 1.67 bits per heavy atom. The van der Waals surface area contributed by atoms with Gasteiger partial charge in [-0.15, -0.1) is 0 Å². The van der Waals surface area contributed by atoms with Crippen LogP contribution < -0.4 is 0 Å².